The normalized spacial score (nSPS) is 12.9. The zero-order valence-electron chi connectivity index (χ0n) is 18.0. The van der Waals surface area contributed by atoms with Crippen molar-refractivity contribution in [2.75, 3.05) is 13.7 Å². The van der Waals surface area contributed by atoms with E-state index in [0.717, 1.165) is 16.9 Å². The van der Waals surface area contributed by atoms with Gasteiger partial charge in [-0.1, -0.05) is 36.0 Å². The summed E-state index contributed by atoms with van der Waals surface area (Å²) in [6.07, 6.45) is 11.8. The minimum atomic E-state index is -0.0588. The SMILES string of the molecule is CCNC(=O)/C=C(C)/C=C/C=C(C)/C=C/c1c(C)c(C)c(OC)c(C)c1C. The number of likely N-dealkylation sites (N-methyl/N-ethyl adjacent to an activating group) is 1. The summed E-state index contributed by atoms with van der Waals surface area (Å²) < 4.78 is 5.56. The Morgan fingerprint density at radius 2 is 1.56 bits per heavy atom. The molecular formula is C24H33NO2. The molecular weight excluding hydrogens is 334 g/mol. The summed E-state index contributed by atoms with van der Waals surface area (Å²) in [5.41, 5.74) is 8.17. The van der Waals surface area contributed by atoms with Gasteiger partial charge in [-0.15, -0.1) is 0 Å². The van der Waals surface area contributed by atoms with Crippen LogP contribution in [0.2, 0.25) is 0 Å². The van der Waals surface area contributed by atoms with Gasteiger partial charge >= 0.3 is 0 Å². The zero-order chi connectivity index (χ0) is 20.6. The van der Waals surface area contributed by atoms with Crippen molar-refractivity contribution in [2.24, 2.45) is 0 Å². The number of nitrogens with one attached hydrogen (secondary N) is 1. The van der Waals surface area contributed by atoms with Crippen molar-refractivity contribution in [2.45, 2.75) is 48.5 Å². The van der Waals surface area contributed by atoms with E-state index in [1.54, 1.807) is 13.2 Å². The smallest absolute Gasteiger partial charge is 0.244 e. The molecule has 0 heterocycles. The molecule has 0 bridgehead atoms. The molecule has 1 rings (SSSR count). The number of rotatable bonds is 7. The predicted molar refractivity (Wildman–Crippen MR) is 116 cm³/mol. The van der Waals surface area contributed by atoms with E-state index in [1.807, 2.05) is 32.1 Å². The van der Waals surface area contributed by atoms with Crippen LogP contribution >= 0.6 is 0 Å². The van der Waals surface area contributed by atoms with E-state index >= 15 is 0 Å². The molecule has 146 valence electrons. The maximum atomic E-state index is 11.5. The molecule has 0 aliphatic rings. The molecule has 0 unspecified atom stereocenters. The second-order valence-corrected chi connectivity index (χ2v) is 6.83. The van der Waals surface area contributed by atoms with E-state index in [4.69, 9.17) is 4.74 Å². The maximum Gasteiger partial charge on any atom is 0.244 e. The molecule has 1 N–H and O–H groups in total. The highest BCUT2D eigenvalue weighted by Crippen LogP contribution is 2.33. The molecule has 27 heavy (non-hydrogen) atoms. The monoisotopic (exact) mass is 367 g/mol. The van der Waals surface area contributed by atoms with Crippen molar-refractivity contribution in [3.8, 4) is 5.75 Å². The van der Waals surface area contributed by atoms with Crippen molar-refractivity contribution < 1.29 is 9.53 Å². The number of ether oxygens (including phenoxy) is 1. The van der Waals surface area contributed by atoms with Crippen LogP contribution in [0.4, 0.5) is 0 Å². The van der Waals surface area contributed by atoms with Gasteiger partial charge in [-0.25, -0.2) is 0 Å². The highest BCUT2D eigenvalue weighted by atomic mass is 16.5. The third-order valence-corrected chi connectivity index (χ3v) is 4.76. The molecule has 0 saturated carbocycles. The molecule has 0 saturated heterocycles. The summed E-state index contributed by atoms with van der Waals surface area (Å²) in [7, 11) is 1.73. The van der Waals surface area contributed by atoms with Crippen LogP contribution in [-0.2, 0) is 4.79 Å². The van der Waals surface area contributed by atoms with Gasteiger partial charge in [-0.05, 0) is 81.9 Å². The van der Waals surface area contributed by atoms with Gasteiger partial charge in [0.25, 0.3) is 0 Å². The summed E-state index contributed by atoms with van der Waals surface area (Å²) in [4.78, 5) is 11.5. The Hall–Kier alpha value is -2.55. The van der Waals surface area contributed by atoms with Crippen molar-refractivity contribution in [1.82, 2.24) is 5.32 Å². The van der Waals surface area contributed by atoms with E-state index in [0.29, 0.717) is 6.54 Å². The Kier molecular flexibility index (Phi) is 8.80. The first-order valence-corrected chi connectivity index (χ1v) is 9.36. The number of allylic oxidation sites excluding steroid dienone is 6. The van der Waals surface area contributed by atoms with Crippen LogP contribution in [0.1, 0.15) is 48.6 Å². The molecule has 0 spiro atoms. The summed E-state index contributed by atoms with van der Waals surface area (Å²) >= 11 is 0. The van der Waals surface area contributed by atoms with Crippen LogP contribution in [-0.4, -0.2) is 19.6 Å². The second kappa shape index (κ2) is 10.6. The van der Waals surface area contributed by atoms with Crippen molar-refractivity contribution >= 4 is 12.0 Å². The molecule has 0 radical (unpaired) electrons. The molecule has 1 amide bonds. The van der Waals surface area contributed by atoms with Crippen LogP contribution in [0.3, 0.4) is 0 Å². The Morgan fingerprint density at radius 3 is 2.07 bits per heavy atom. The third-order valence-electron chi connectivity index (χ3n) is 4.76. The molecule has 1 aromatic carbocycles. The van der Waals surface area contributed by atoms with Crippen molar-refractivity contribution in [3.63, 3.8) is 0 Å². The largest absolute Gasteiger partial charge is 0.496 e. The van der Waals surface area contributed by atoms with Gasteiger partial charge in [0, 0.05) is 12.6 Å². The molecule has 0 aromatic heterocycles. The van der Waals surface area contributed by atoms with Gasteiger partial charge in [0.2, 0.25) is 5.91 Å². The van der Waals surface area contributed by atoms with Crippen LogP contribution in [0, 0.1) is 27.7 Å². The first kappa shape index (κ1) is 22.5. The number of hydrogen-bond acceptors (Lipinski definition) is 2. The minimum Gasteiger partial charge on any atom is -0.496 e. The predicted octanol–water partition coefficient (Wildman–Crippen LogP) is 5.53. The minimum absolute atomic E-state index is 0.0588. The zero-order valence-corrected chi connectivity index (χ0v) is 18.0. The fraction of sp³-hybridized carbons (Fsp3) is 0.375. The van der Waals surface area contributed by atoms with Crippen LogP contribution in [0.15, 0.2) is 41.5 Å². The average Bonchev–Trinajstić information content (AvgIpc) is 2.60. The van der Waals surface area contributed by atoms with E-state index in [-0.39, 0.29) is 5.91 Å². The third kappa shape index (κ3) is 6.28. The van der Waals surface area contributed by atoms with E-state index in [2.05, 4.69) is 52.1 Å². The van der Waals surface area contributed by atoms with Gasteiger partial charge in [0.1, 0.15) is 5.75 Å². The standard InChI is InChI=1S/C24H33NO2/c1-9-25-23(26)15-17(3)12-10-11-16(2)13-14-22-18(4)20(6)24(27-8)21(7)19(22)5/h10-15H,9H2,1-8H3,(H,25,26)/b12-10+,14-13+,16-11+,17-15+. The Bertz CT molecular complexity index is 779. The Labute approximate surface area is 164 Å². The highest BCUT2D eigenvalue weighted by Gasteiger charge is 2.13. The summed E-state index contributed by atoms with van der Waals surface area (Å²) in [5, 5.41) is 2.76. The van der Waals surface area contributed by atoms with Gasteiger partial charge < -0.3 is 10.1 Å². The van der Waals surface area contributed by atoms with E-state index < -0.39 is 0 Å². The maximum absolute atomic E-state index is 11.5. The number of amides is 1. The molecule has 0 aliphatic heterocycles. The van der Waals surface area contributed by atoms with Gasteiger partial charge in [0.15, 0.2) is 0 Å². The first-order valence-electron chi connectivity index (χ1n) is 9.36. The summed E-state index contributed by atoms with van der Waals surface area (Å²) in [6, 6.07) is 0. The highest BCUT2D eigenvalue weighted by molar-refractivity contribution is 5.88. The molecule has 3 heteroatoms. The molecule has 0 aliphatic carbocycles. The average molecular weight is 368 g/mol. The second-order valence-electron chi connectivity index (χ2n) is 6.83. The van der Waals surface area contributed by atoms with Crippen molar-refractivity contribution in [3.05, 3.63) is 69.3 Å². The first-order chi connectivity index (χ1) is 12.7. The molecule has 0 atom stereocenters. The van der Waals surface area contributed by atoms with Gasteiger partial charge in [0.05, 0.1) is 7.11 Å². The number of hydrogen-bond donors (Lipinski definition) is 1. The van der Waals surface area contributed by atoms with Gasteiger partial charge in [-0.2, -0.15) is 0 Å². The lowest BCUT2D eigenvalue weighted by Gasteiger charge is -2.17. The number of carbonyl (C=O) groups excluding carboxylic acids is 1. The lowest BCUT2D eigenvalue weighted by molar-refractivity contribution is -0.116. The van der Waals surface area contributed by atoms with E-state index in [1.165, 1.54) is 27.8 Å². The fourth-order valence-electron chi connectivity index (χ4n) is 2.97. The Balaban J connectivity index is 2.99. The fourth-order valence-corrected chi connectivity index (χ4v) is 2.97. The lowest BCUT2D eigenvalue weighted by Crippen LogP contribution is -2.20. The molecule has 3 nitrogen and oxygen atoms in total. The lowest BCUT2D eigenvalue weighted by atomic mass is 9.92. The topological polar surface area (TPSA) is 38.3 Å². The quantitative estimate of drug-likeness (QED) is 0.508. The number of benzene rings is 1. The summed E-state index contributed by atoms with van der Waals surface area (Å²) in [6.45, 7) is 15.0. The number of methoxy groups -OCH3 is 1. The van der Waals surface area contributed by atoms with Crippen LogP contribution < -0.4 is 10.1 Å². The van der Waals surface area contributed by atoms with Gasteiger partial charge in [-0.3, -0.25) is 4.79 Å². The molecule has 0 fully saturated rings. The van der Waals surface area contributed by atoms with Crippen LogP contribution in [0.5, 0.6) is 5.75 Å². The Morgan fingerprint density at radius 1 is 0.963 bits per heavy atom. The number of carbonyl (C=O) groups is 1. The van der Waals surface area contributed by atoms with Crippen LogP contribution in [0.25, 0.3) is 6.08 Å². The van der Waals surface area contributed by atoms with E-state index in [9.17, 15) is 4.79 Å². The van der Waals surface area contributed by atoms with Crippen molar-refractivity contribution in [1.29, 1.82) is 0 Å². The molecule has 1 aromatic rings. The summed E-state index contributed by atoms with van der Waals surface area (Å²) in [5.74, 6) is 0.920.